The first kappa shape index (κ1) is 39.3. The molecule has 4 atom stereocenters. The molecule has 0 aliphatic carbocycles. The van der Waals surface area contributed by atoms with Gasteiger partial charge < -0.3 is 24.8 Å². The summed E-state index contributed by atoms with van der Waals surface area (Å²) >= 11 is 0. The summed E-state index contributed by atoms with van der Waals surface area (Å²) in [4.78, 5) is 18.2. The lowest BCUT2D eigenvalue weighted by Gasteiger charge is -2.40. The Morgan fingerprint density at radius 3 is 2.53 bits per heavy atom. The van der Waals surface area contributed by atoms with E-state index >= 15 is 8.78 Å². The number of nitrogens with one attached hydrogen (secondary N) is 1. The van der Waals surface area contributed by atoms with Gasteiger partial charge in [0.15, 0.2) is 5.82 Å². The molecule has 0 bridgehead atoms. The molecule has 0 radical (unpaired) electrons. The number of terminal acetylenes is 1. The average molecular weight is 805 g/mol. The molecule has 4 aliphatic heterocycles. The summed E-state index contributed by atoms with van der Waals surface area (Å²) in [5, 5.41) is 15.2. The van der Waals surface area contributed by atoms with Crippen LogP contribution in [0.5, 0.6) is 11.8 Å². The number of alkyl halides is 6. The minimum atomic E-state index is -5.68. The summed E-state index contributed by atoms with van der Waals surface area (Å²) in [7, 11) is 0. The minimum absolute atomic E-state index is 0.000467. The number of ether oxygens (including phenoxy) is 2. The van der Waals surface area contributed by atoms with Crippen LogP contribution >= 0.6 is 0 Å². The van der Waals surface area contributed by atoms with Crippen molar-refractivity contribution >= 4 is 27.5 Å². The van der Waals surface area contributed by atoms with Gasteiger partial charge in [0, 0.05) is 42.2 Å². The first-order valence-corrected chi connectivity index (χ1v) is 19.0. The second-order valence-corrected chi connectivity index (χ2v) is 15.6. The third kappa shape index (κ3) is 6.48. The third-order valence-electron chi connectivity index (χ3n) is 12.4. The van der Waals surface area contributed by atoms with Gasteiger partial charge in [0.2, 0.25) is 0 Å². The van der Waals surface area contributed by atoms with Crippen molar-refractivity contribution in [3.63, 3.8) is 0 Å². The van der Waals surface area contributed by atoms with Crippen molar-refractivity contribution in [2.75, 3.05) is 37.7 Å². The van der Waals surface area contributed by atoms with Crippen LogP contribution in [-0.4, -0.2) is 99.4 Å². The monoisotopic (exact) mass is 804 g/mol. The normalized spacial score (nSPS) is 24.1. The smallest absolute Gasteiger partial charge is 0.426 e. The number of nitrogens with zero attached hydrogens (tertiary/aromatic N) is 5. The van der Waals surface area contributed by atoms with E-state index in [0.717, 1.165) is 6.42 Å². The highest BCUT2D eigenvalue weighted by molar-refractivity contribution is 6.03. The summed E-state index contributed by atoms with van der Waals surface area (Å²) in [5.41, 5.74) is -4.99. The Hall–Kier alpha value is -4.53. The van der Waals surface area contributed by atoms with Crippen molar-refractivity contribution in [3.05, 3.63) is 47.2 Å². The summed E-state index contributed by atoms with van der Waals surface area (Å²) in [5.74, 6) is 0.963. The van der Waals surface area contributed by atoms with Gasteiger partial charge in [-0.2, -0.15) is 36.3 Å². The predicted molar refractivity (Wildman–Crippen MR) is 195 cm³/mol. The molecular formula is C40H40F8N6O3. The summed E-state index contributed by atoms with van der Waals surface area (Å²) in [6, 6.07) is 4.41. The number of hydrogen-bond donors (Lipinski definition) is 2. The number of aryl methyl sites for hydroxylation is 1. The second-order valence-electron chi connectivity index (χ2n) is 15.6. The van der Waals surface area contributed by atoms with Crippen molar-refractivity contribution in [1.29, 1.82) is 0 Å². The number of phenols is 1. The Morgan fingerprint density at radius 2 is 1.81 bits per heavy atom. The molecule has 0 unspecified atom stereocenters. The van der Waals surface area contributed by atoms with Crippen LogP contribution in [0.2, 0.25) is 0 Å². The first-order chi connectivity index (χ1) is 27.0. The Kier molecular flexibility index (Phi) is 9.71. The van der Waals surface area contributed by atoms with Crippen molar-refractivity contribution in [2.24, 2.45) is 0 Å². The maximum atomic E-state index is 17.3. The van der Waals surface area contributed by atoms with Gasteiger partial charge in [-0.05, 0) is 82.0 Å². The molecule has 3 saturated heterocycles. The van der Waals surface area contributed by atoms with Gasteiger partial charge in [-0.3, -0.25) is 4.90 Å². The molecule has 4 aliphatic rings. The van der Waals surface area contributed by atoms with Gasteiger partial charge in [-0.25, -0.2) is 13.8 Å². The molecule has 3 fully saturated rings. The fourth-order valence-electron chi connectivity index (χ4n) is 9.12. The lowest BCUT2D eigenvalue weighted by atomic mass is 9.95. The van der Waals surface area contributed by atoms with Gasteiger partial charge in [-0.1, -0.05) is 18.9 Å². The van der Waals surface area contributed by atoms with E-state index in [2.05, 4.69) is 25.9 Å². The number of halogens is 8. The van der Waals surface area contributed by atoms with E-state index in [1.807, 2.05) is 11.8 Å². The van der Waals surface area contributed by atoms with Gasteiger partial charge in [0.25, 0.3) is 5.60 Å². The lowest BCUT2D eigenvalue weighted by Crippen LogP contribution is -2.58. The molecular weight excluding hydrogens is 764 g/mol. The quantitative estimate of drug-likeness (QED) is 0.138. The molecule has 2 aromatic heterocycles. The standard InChI is InChI=1S/C40H40F8N6O3/c1-4-22-18-53-23(17-49-22)8-10-29-31-34(32(42)33(50-29)27-16-25(55)15-21-7-9-28(41)26(5-2)30(21)27)51-36(52-35(31)53)56-20-38-12-6-14-54(38)24(11-13-38)19-57-37(3,39(43,44)45)40(46,47)48/h2,7,9,15-16,22-24,49,55H,4,6,8,10-14,17-20H2,1,3H3/t22-,23-,24+,38+/m1/s1. The topological polar surface area (TPSA) is 95.9 Å². The molecule has 9 nitrogen and oxygen atoms in total. The molecule has 2 N–H and O–H groups in total. The van der Waals surface area contributed by atoms with E-state index in [-0.39, 0.29) is 71.5 Å². The Morgan fingerprint density at radius 1 is 1.04 bits per heavy atom. The highest BCUT2D eigenvalue weighted by Crippen LogP contribution is 2.48. The van der Waals surface area contributed by atoms with E-state index in [0.29, 0.717) is 74.0 Å². The third-order valence-corrected chi connectivity index (χ3v) is 12.4. The van der Waals surface area contributed by atoms with Crippen LogP contribution in [0.15, 0.2) is 24.3 Å². The van der Waals surface area contributed by atoms with E-state index in [4.69, 9.17) is 21.1 Å². The van der Waals surface area contributed by atoms with Crippen molar-refractivity contribution < 1.29 is 49.7 Å². The molecule has 0 spiro atoms. The molecule has 6 heterocycles. The number of benzene rings is 2. The number of aromatic nitrogens is 3. The number of rotatable bonds is 8. The SMILES string of the molecule is C#Cc1c(F)ccc2cc(O)cc(-c3nc4c5c(nc(OC[C@@]67CCCN6[C@H](COC(C)(C(F)(F)F)C(F)(F)F)CC7)nc5c3F)N3C[C@@H](CC)NC[C@H]3CC4)c12. The van der Waals surface area contributed by atoms with Crippen LogP contribution in [-0.2, 0) is 11.2 Å². The van der Waals surface area contributed by atoms with Crippen molar-refractivity contribution in [2.45, 2.75) is 100 Å². The second kappa shape index (κ2) is 14.1. The Labute approximate surface area is 322 Å². The van der Waals surface area contributed by atoms with E-state index < -0.39 is 47.8 Å². The fraction of sp³-hybridized carbons (Fsp3) is 0.525. The minimum Gasteiger partial charge on any atom is -0.508 e. The molecule has 304 valence electrons. The zero-order valence-electron chi connectivity index (χ0n) is 31.1. The molecule has 2 aromatic carbocycles. The van der Waals surface area contributed by atoms with Gasteiger partial charge >= 0.3 is 18.4 Å². The van der Waals surface area contributed by atoms with Crippen molar-refractivity contribution in [1.82, 2.24) is 25.2 Å². The molecule has 57 heavy (non-hydrogen) atoms. The molecule has 0 saturated carbocycles. The highest BCUT2D eigenvalue weighted by Gasteiger charge is 2.69. The molecule has 17 heteroatoms. The number of anilines is 1. The van der Waals surface area contributed by atoms with Gasteiger partial charge in [0.05, 0.1) is 28.8 Å². The molecule has 8 rings (SSSR count). The van der Waals surface area contributed by atoms with Crippen LogP contribution < -0.4 is 15.0 Å². The number of aromatic hydroxyl groups is 1. The summed E-state index contributed by atoms with van der Waals surface area (Å²) in [6.07, 6.45) is -1.95. The highest BCUT2D eigenvalue weighted by atomic mass is 19.4. The zero-order valence-corrected chi connectivity index (χ0v) is 31.1. The van der Waals surface area contributed by atoms with Crippen LogP contribution in [0.3, 0.4) is 0 Å². The number of hydrogen-bond acceptors (Lipinski definition) is 9. The number of pyridine rings is 1. The Bertz CT molecular complexity index is 2270. The summed E-state index contributed by atoms with van der Waals surface area (Å²) in [6.45, 7) is 2.76. The molecule has 4 aromatic rings. The number of piperazine rings is 1. The van der Waals surface area contributed by atoms with E-state index in [9.17, 15) is 31.4 Å². The molecule has 0 amide bonds. The van der Waals surface area contributed by atoms with Gasteiger partial charge in [0.1, 0.15) is 35.2 Å². The zero-order chi connectivity index (χ0) is 40.7. The average Bonchev–Trinajstić information content (AvgIpc) is 3.69. The lowest BCUT2D eigenvalue weighted by molar-refractivity contribution is -0.375. The predicted octanol–water partition coefficient (Wildman–Crippen LogP) is 7.59. The maximum absolute atomic E-state index is 17.3. The van der Waals surface area contributed by atoms with Crippen molar-refractivity contribution in [3.8, 4) is 35.4 Å². The van der Waals surface area contributed by atoms with E-state index in [1.54, 1.807) is 0 Å². The number of phenolic OH excluding ortho intramolecular Hbond substituents is 1. The largest absolute Gasteiger partial charge is 0.508 e. The Balaban J connectivity index is 1.19. The van der Waals surface area contributed by atoms with Crippen LogP contribution in [0.25, 0.3) is 32.9 Å². The number of fused-ring (bicyclic) bond motifs is 4. The van der Waals surface area contributed by atoms with Crippen LogP contribution in [0, 0.1) is 24.0 Å². The maximum Gasteiger partial charge on any atom is 0.426 e. The first-order valence-electron chi connectivity index (χ1n) is 19.0. The van der Waals surface area contributed by atoms with Crippen LogP contribution in [0.4, 0.5) is 40.9 Å². The fourth-order valence-corrected chi connectivity index (χ4v) is 9.12. The van der Waals surface area contributed by atoms with Crippen LogP contribution in [0.1, 0.15) is 63.6 Å². The summed E-state index contributed by atoms with van der Waals surface area (Å²) < 4.78 is 125. The van der Waals surface area contributed by atoms with E-state index in [1.165, 1.54) is 24.3 Å². The van der Waals surface area contributed by atoms with Gasteiger partial charge in [-0.15, -0.1) is 6.42 Å².